The number of carbonyl (C=O) groups is 3. The summed E-state index contributed by atoms with van der Waals surface area (Å²) < 4.78 is 38.0. The molecular weight excluding hydrogens is 595 g/mol. The Balaban J connectivity index is 1.53. The molecular formula is C32H34F3N3O5S. The van der Waals surface area contributed by atoms with Crippen LogP contribution in [0.3, 0.4) is 0 Å². The van der Waals surface area contributed by atoms with Crippen LogP contribution in [-0.4, -0.2) is 61.6 Å². The number of aromatic hydroxyl groups is 1. The summed E-state index contributed by atoms with van der Waals surface area (Å²) >= 11 is 1.34. The number of amides is 3. The molecule has 1 saturated heterocycles. The van der Waals surface area contributed by atoms with E-state index in [2.05, 4.69) is 10.6 Å². The molecule has 0 aromatic heterocycles. The van der Waals surface area contributed by atoms with Crippen LogP contribution in [0, 0.1) is 6.92 Å². The average molecular weight is 630 g/mol. The zero-order valence-electron chi connectivity index (χ0n) is 24.4. The minimum atomic E-state index is -4.48. The number of nitrogens with zero attached hydrogens (tertiary/aromatic N) is 1. The van der Waals surface area contributed by atoms with Crippen LogP contribution in [0.15, 0.2) is 72.8 Å². The first-order valence-corrected chi connectivity index (χ1v) is 14.9. The van der Waals surface area contributed by atoms with E-state index in [1.54, 1.807) is 45.0 Å². The zero-order valence-corrected chi connectivity index (χ0v) is 25.2. The van der Waals surface area contributed by atoms with Gasteiger partial charge in [0.25, 0.3) is 11.8 Å². The van der Waals surface area contributed by atoms with Crippen molar-refractivity contribution in [1.29, 1.82) is 0 Å². The third-order valence-electron chi connectivity index (χ3n) is 7.62. The van der Waals surface area contributed by atoms with Gasteiger partial charge in [0.2, 0.25) is 5.91 Å². The Morgan fingerprint density at radius 3 is 2.30 bits per heavy atom. The number of thioether (sulfide) groups is 1. The molecule has 3 amide bonds. The Morgan fingerprint density at radius 2 is 1.66 bits per heavy atom. The third-order valence-corrected chi connectivity index (χ3v) is 9.00. The molecule has 0 bridgehead atoms. The lowest BCUT2D eigenvalue weighted by molar-refractivity contribution is -0.147. The van der Waals surface area contributed by atoms with Crippen LogP contribution in [-0.2, 0) is 28.7 Å². The molecule has 8 nitrogen and oxygen atoms in total. The molecule has 3 atom stereocenters. The van der Waals surface area contributed by atoms with Gasteiger partial charge in [-0.1, -0.05) is 48.5 Å². The second-order valence-corrected chi connectivity index (χ2v) is 12.8. The Kier molecular flexibility index (Phi) is 9.94. The summed E-state index contributed by atoms with van der Waals surface area (Å²) in [4.78, 5) is 41.7. The van der Waals surface area contributed by atoms with E-state index in [1.165, 1.54) is 47.0 Å². The van der Waals surface area contributed by atoms with E-state index < -0.39 is 52.4 Å². The molecule has 234 valence electrons. The first-order chi connectivity index (χ1) is 20.7. The van der Waals surface area contributed by atoms with Gasteiger partial charge in [0.05, 0.1) is 17.5 Å². The van der Waals surface area contributed by atoms with Crippen LogP contribution < -0.4 is 10.6 Å². The predicted molar refractivity (Wildman–Crippen MR) is 161 cm³/mol. The molecule has 1 aliphatic rings. The molecule has 3 aromatic carbocycles. The van der Waals surface area contributed by atoms with Crippen LogP contribution >= 0.6 is 11.8 Å². The minimum absolute atomic E-state index is 0.0608. The lowest BCUT2D eigenvalue weighted by atomic mass is 9.96. The lowest BCUT2D eigenvalue weighted by Crippen LogP contribution is -2.58. The van der Waals surface area contributed by atoms with Crippen LogP contribution in [0.4, 0.5) is 13.2 Å². The number of aliphatic hydroxyl groups is 1. The largest absolute Gasteiger partial charge is 0.508 e. The lowest BCUT2D eigenvalue weighted by Gasteiger charge is -2.33. The maximum Gasteiger partial charge on any atom is 0.416 e. The average Bonchev–Trinajstić information content (AvgIpc) is 3.31. The quantitative estimate of drug-likeness (QED) is 0.279. The molecule has 4 N–H and O–H groups in total. The maximum atomic E-state index is 13.8. The Hall–Kier alpha value is -4.03. The molecule has 0 radical (unpaired) electrons. The molecule has 3 unspecified atom stereocenters. The van der Waals surface area contributed by atoms with Gasteiger partial charge in [0, 0.05) is 22.4 Å². The Morgan fingerprint density at radius 1 is 1.00 bits per heavy atom. The minimum Gasteiger partial charge on any atom is -0.508 e. The van der Waals surface area contributed by atoms with Crippen molar-refractivity contribution in [3.8, 4) is 5.75 Å². The van der Waals surface area contributed by atoms with Gasteiger partial charge in [-0.05, 0) is 62.6 Å². The van der Waals surface area contributed by atoms with Crippen molar-refractivity contribution in [3.05, 3.63) is 101 Å². The van der Waals surface area contributed by atoms with E-state index in [1.807, 2.05) is 6.07 Å². The normalized spacial score (nSPS) is 17.5. The summed E-state index contributed by atoms with van der Waals surface area (Å²) in [5, 5.41) is 26.9. The highest BCUT2D eigenvalue weighted by atomic mass is 32.2. The fraction of sp³-hybridized carbons (Fsp3) is 0.344. The summed E-state index contributed by atoms with van der Waals surface area (Å²) in [6.07, 6.45) is -6.10. The number of rotatable bonds is 9. The van der Waals surface area contributed by atoms with E-state index in [0.29, 0.717) is 11.1 Å². The van der Waals surface area contributed by atoms with Gasteiger partial charge in [-0.15, -0.1) is 11.8 Å². The monoisotopic (exact) mass is 629 g/mol. The van der Waals surface area contributed by atoms with Gasteiger partial charge in [-0.25, -0.2) is 0 Å². The fourth-order valence-electron chi connectivity index (χ4n) is 5.08. The van der Waals surface area contributed by atoms with E-state index in [0.717, 1.165) is 17.7 Å². The SMILES string of the molecule is Cc1c(O)cccc1C(=O)NC(Cc1ccccc1)C(O)C(=O)N1CSC(C)(C)C1C(=O)NCc1ccc(C(F)(F)F)cc1. The van der Waals surface area contributed by atoms with E-state index in [9.17, 15) is 37.8 Å². The van der Waals surface area contributed by atoms with Crippen LogP contribution in [0.5, 0.6) is 5.75 Å². The van der Waals surface area contributed by atoms with Crippen LogP contribution in [0.2, 0.25) is 0 Å². The molecule has 44 heavy (non-hydrogen) atoms. The van der Waals surface area contributed by atoms with Crippen molar-refractivity contribution in [2.75, 3.05) is 5.88 Å². The molecule has 0 saturated carbocycles. The second-order valence-electron chi connectivity index (χ2n) is 11.2. The standard InChI is InChI=1S/C32H34F3N3O5S/c1-19-23(10-7-11-25(19)39)28(41)37-24(16-20-8-5-4-6-9-20)26(40)30(43)38-18-44-31(2,3)27(38)29(42)36-17-21-12-14-22(15-13-21)32(33,34)35/h4-15,24,26-27,39-40H,16-18H2,1-3H3,(H,36,42)(H,37,41). The summed E-state index contributed by atoms with van der Waals surface area (Å²) in [6, 6.07) is 15.8. The summed E-state index contributed by atoms with van der Waals surface area (Å²) in [6.45, 7) is 5.09. The van der Waals surface area contributed by atoms with Crippen molar-refractivity contribution in [2.45, 2.75) is 62.8 Å². The highest BCUT2D eigenvalue weighted by molar-refractivity contribution is 8.00. The van der Waals surface area contributed by atoms with Gasteiger partial charge in [-0.2, -0.15) is 13.2 Å². The number of phenols is 1. The highest BCUT2D eigenvalue weighted by Crippen LogP contribution is 2.40. The van der Waals surface area contributed by atoms with Gasteiger partial charge < -0.3 is 25.7 Å². The molecule has 0 spiro atoms. The van der Waals surface area contributed by atoms with E-state index >= 15 is 0 Å². The van der Waals surface area contributed by atoms with Crippen molar-refractivity contribution in [1.82, 2.24) is 15.5 Å². The van der Waals surface area contributed by atoms with Gasteiger partial charge in [0.1, 0.15) is 11.8 Å². The topological polar surface area (TPSA) is 119 Å². The predicted octanol–water partition coefficient (Wildman–Crippen LogP) is 4.42. The first kappa shape index (κ1) is 32.9. The molecule has 1 aliphatic heterocycles. The number of phenolic OH excluding ortho intramolecular Hbond substituents is 1. The molecule has 0 aliphatic carbocycles. The molecule has 1 heterocycles. The number of alkyl halides is 3. The van der Waals surface area contributed by atoms with Gasteiger partial charge in [-0.3, -0.25) is 14.4 Å². The zero-order chi connectivity index (χ0) is 32.2. The molecule has 3 aromatic rings. The Labute approximate surface area is 257 Å². The first-order valence-electron chi connectivity index (χ1n) is 13.9. The van der Waals surface area contributed by atoms with Crippen molar-refractivity contribution < 1.29 is 37.8 Å². The summed E-state index contributed by atoms with van der Waals surface area (Å²) in [5.74, 6) is -1.85. The fourth-order valence-corrected chi connectivity index (χ4v) is 6.22. The number of hydrogen-bond acceptors (Lipinski definition) is 6. The van der Waals surface area contributed by atoms with Crippen molar-refractivity contribution >= 4 is 29.5 Å². The number of hydrogen-bond donors (Lipinski definition) is 4. The van der Waals surface area contributed by atoms with Gasteiger partial charge in [0.15, 0.2) is 6.10 Å². The smallest absolute Gasteiger partial charge is 0.416 e. The van der Waals surface area contributed by atoms with Crippen molar-refractivity contribution in [2.24, 2.45) is 0 Å². The number of nitrogens with one attached hydrogen (secondary N) is 2. The number of aliphatic hydroxyl groups excluding tert-OH is 1. The number of benzene rings is 3. The van der Waals surface area contributed by atoms with Crippen molar-refractivity contribution in [3.63, 3.8) is 0 Å². The summed E-state index contributed by atoms with van der Waals surface area (Å²) in [7, 11) is 0. The maximum absolute atomic E-state index is 13.8. The van der Waals surface area contributed by atoms with Gasteiger partial charge >= 0.3 is 6.18 Å². The summed E-state index contributed by atoms with van der Waals surface area (Å²) in [5.41, 5.74) is 0.913. The van der Waals surface area contributed by atoms with Crippen LogP contribution in [0.25, 0.3) is 0 Å². The molecule has 1 fully saturated rings. The number of carbonyl (C=O) groups excluding carboxylic acids is 3. The van der Waals surface area contributed by atoms with E-state index in [-0.39, 0.29) is 30.2 Å². The molecule has 12 heteroatoms. The van der Waals surface area contributed by atoms with Crippen LogP contribution in [0.1, 0.15) is 46.5 Å². The Bertz CT molecular complexity index is 1500. The third kappa shape index (κ3) is 7.54. The second kappa shape index (κ2) is 13.3. The van der Waals surface area contributed by atoms with E-state index in [4.69, 9.17) is 0 Å². The highest BCUT2D eigenvalue weighted by Gasteiger charge is 2.49. The number of halogens is 3. The molecule has 4 rings (SSSR count).